The number of anilines is 1. The molecule has 26 heavy (non-hydrogen) atoms. The van der Waals surface area contributed by atoms with Gasteiger partial charge < -0.3 is 10.6 Å². The Balaban J connectivity index is 1.67. The maximum atomic E-state index is 5.54. The van der Waals surface area contributed by atoms with Crippen LogP contribution in [0.1, 0.15) is 50.3 Å². The summed E-state index contributed by atoms with van der Waals surface area (Å²) >= 11 is 5.54. The van der Waals surface area contributed by atoms with Crippen molar-refractivity contribution in [2.45, 2.75) is 39.2 Å². The minimum Gasteiger partial charge on any atom is -0.356 e. The van der Waals surface area contributed by atoms with Crippen molar-refractivity contribution in [2.24, 2.45) is 0 Å². The van der Waals surface area contributed by atoms with Crippen LogP contribution in [0.3, 0.4) is 0 Å². The Labute approximate surface area is 161 Å². The topological polar surface area (TPSA) is 24.1 Å². The van der Waals surface area contributed by atoms with Crippen LogP contribution in [0.15, 0.2) is 66.7 Å². The maximum absolute atomic E-state index is 5.54. The summed E-state index contributed by atoms with van der Waals surface area (Å²) in [6.45, 7) is 6.62. The molecule has 2 atom stereocenters. The molecule has 3 rings (SSSR count). The minimum atomic E-state index is 0.149. The van der Waals surface area contributed by atoms with Crippen molar-refractivity contribution in [3.05, 3.63) is 77.9 Å². The predicted molar refractivity (Wildman–Crippen MR) is 117 cm³/mol. The van der Waals surface area contributed by atoms with Gasteiger partial charge in [0.1, 0.15) is 0 Å². The monoisotopic (exact) mass is 362 g/mol. The molecule has 0 aliphatic rings. The van der Waals surface area contributed by atoms with E-state index in [2.05, 4.69) is 79.9 Å². The SMILES string of the molecule is CCC(C)c1ccc(C(C)NC(=S)Nc2cccc3ccccc23)cc1. The van der Waals surface area contributed by atoms with E-state index in [1.807, 2.05) is 18.2 Å². The molecule has 3 aromatic rings. The molecular formula is C23H26N2S. The first-order valence-electron chi connectivity index (χ1n) is 9.23. The van der Waals surface area contributed by atoms with Gasteiger partial charge in [0.25, 0.3) is 0 Å². The second-order valence-electron chi connectivity index (χ2n) is 6.82. The molecule has 3 heteroatoms. The summed E-state index contributed by atoms with van der Waals surface area (Å²) in [4.78, 5) is 0. The third-order valence-corrected chi connectivity index (χ3v) is 5.22. The number of nitrogens with one attached hydrogen (secondary N) is 2. The van der Waals surface area contributed by atoms with Crippen molar-refractivity contribution < 1.29 is 0 Å². The van der Waals surface area contributed by atoms with E-state index >= 15 is 0 Å². The minimum absolute atomic E-state index is 0.149. The van der Waals surface area contributed by atoms with Gasteiger partial charge >= 0.3 is 0 Å². The van der Waals surface area contributed by atoms with Gasteiger partial charge in [-0.05, 0) is 54.1 Å². The van der Waals surface area contributed by atoms with Crippen molar-refractivity contribution in [3.63, 3.8) is 0 Å². The van der Waals surface area contributed by atoms with Gasteiger partial charge in [-0.15, -0.1) is 0 Å². The average Bonchev–Trinajstić information content (AvgIpc) is 2.67. The lowest BCUT2D eigenvalue weighted by Gasteiger charge is -2.19. The summed E-state index contributed by atoms with van der Waals surface area (Å²) in [5, 5.41) is 9.75. The van der Waals surface area contributed by atoms with Gasteiger partial charge in [-0.25, -0.2) is 0 Å². The van der Waals surface area contributed by atoms with E-state index in [4.69, 9.17) is 12.2 Å². The number of fused-ring (bicyclic) bond motifs is 1. The van der Waals surface area contributed by atoms with Gasteiger partial charge in [0, 0.05) is 11.1 Å². The Morgan fingerprint density at radius 3 is 2.27 bits per heavy atom. The fourth-order valence-corrected chi connectivity index (χ4v) is 3.41. The second-order valence-corrected chi connectivity index (χ2v) is 7.23. The molecule has 0 spiro atoms. The zero-order chi connectivity index (χ0) is 18.5. The third kappa shape index (κ3) is 4.23. The standard InChI is InChI=1S/C23H26N2S/c1-4-16(2)18-12-14-19(15-13-18)17(3)24-23(26)25-22-11-7-9-20-8-5-6-10-21(20)22/h5-17H,4H2,1-3H3,(H2,24,25,26). The Bertz CT molecular complexity index is 881. The largest absolute Gasteiger partial charge is 0.356 e. The highest BCUT2D eigenvalue weighted by Gasteiger charge is 2.09. The predicted octanol–water partition coefficient (Wildman–Crippen LogP) is 6.40. The number of thiocarbonyl (C=S) groups is 1. The fraction of sp³-hybridized carbons (Fsp3) is 0.261. The molecule has 0 amide bonds. The lowest BCUT2D eigenvalue weighted by molar-refractivity contribution is 0.713. The van der Waals surface area contributed by atoms with Crippen molar-refractivity contribution in [3.8, 4) is 0 Å². The molecule has 0 aliphatic carbocycles. The summed E-state index contributed by atoms with van der Waals surface area (Å²) in [6, 6.07) is 23.5. The molecule has 0 radical (unpaired) electrons. The molecule has 134 valence electrons. The fourth-order valence-electron chi connectivity index (χ4n) is 3.12. The van der Waals surface area contributed by atoms with Crippen LogP contribution in [0.2, 0.25) is 0 Å². The molecule has 0 aliphatic heterocycles. The maximum Gasteiger partial charge on any atom is 0.171 e. The smallest absolute Gasteiger partial charge is 0.171 e. The van der Waals surface area contributed by atoms with Gasteiger partial charge in [-0.2, -0.15) is 0 Å². The quantitative estimate of drug-likeness (QED) is 0.513. The van der Waals surface area contributed by atoms with Crippen molar-refractivity contribution in [1.29, 1.82) is 0 Å². The van der Waals surface area contributed by atoms with Crippen LogP contribution in [0.25, 0.3) is 10.8 Å². The van der Waals surface area contributed by atoms with Crippen molar-refractivity contribution in [2.75, 3.05) is 5.32 Å². The van der Waals surface area contributed by atoms with Crippen LogP contribution in [0.5, 0.6) is 0 Å². The first kappa shape index (κ1) is 18.4. The highest BCUT2D eigenvalue weighted by molar-refractivity contribution is 7.80. The average molecular weight is 363 g/mol. The molecule has 3 aromatic carbocycles. The Hall–Kier alpha value is -2.39. The van der Waals surface area contributed by atoms with Crippen molar-refractivity contribution >= 4 is 33.8 Å². The first-order valence-corrected chi connectivity index (χ1v) is 9.64. The summed E-state index contributed by atoms with van der Waals surface area (Å²) < 4.78 is 0. The molecule has 2 nitrogen and oxygen atoms in total. The Morgan fingerprint density at radius 1 is 0.885 bits per heavy atom. The number of hydrogen-bond donors (Lipinski definition) is 2. The van der Waals surface area contributed by atoms with Crippen LogP contribution >= 0.6 is 12.2 Å². The van der Waals surface area contributed by atoms with Gasteiger partial charge in [0.05, 0.1) is 6.04 Å². The number of rotatable bonds is 5. The lowest BCUT2D eigenvalue weighted by Crippen LogP contribution is -2.30. The van der Waals surface area contributed by atoms with E-state index in [1.54, 1.807) is 0 Å². The molecule has 0 saturated heterocycles. The molecule has 2 N–H and O–H groups in total. The molecule has 0 fully saturated rings. The zero-order valence-corrected chi connectivity index (χ0v) is 16.4. The summed E-state index contributed by atoms with van der Waals surface area (Å²) in [5.41, 5.74) is 3.65. The van der Waals surface area contributed by atoms with Gasteiger partial charge in [0.2, 0.25) is 0 Å². The molecule has 2 unspecified atom stereocenters. The number of benzene rings is 3. The first-order chi connectivity index (χ1) is 12.6. The second kappa shape index (κ2) is 8.33. The highest BCUT2D eigenvalue weighted by Crippen LogP contribution is 2.24. The highest BCUT2D eigenvalue weighted by atomic mass is 32.1. The number of hydrogen-bond acceptors (Lipinski definition) is 1. The van der Waals surface area contributed by atoms with Crippen molar-refractivity contribution in [1.82, 2.24) is 5.32 Å². The molecular weight excluding hydrogens is 336 g/mol. The van der Waals surface area contributed by atoms with E-state index in [1.165, 1.54) is 21.9 Å². The molecule has 0 aromatic heterocycles. The van der Waals surface area contributed by atoms with Gasteiger partial charge in [-0.1, -0.05) is 74.5 Å². The van der Waals surface area contributed by atoms with E-state index in [9.17, 15) is 0 Å². The Kier molecular flexibility index (Phi) is 5.89. The summed E-state index contributed by atoms with van der Waals surface area (Å²) in [6.07, 6.45) is 1.16. The molecule has 0 saturated carbocycles. The van der Waals surface area contributed by atoms with E-state index in [0.29, 0.717) is 11.0 Å². The normalized spacial score (nSPS) is 13.2. The van der Waals surface area contributed by atoms with E-state index < -0.39 is 0 Å². The Morgan fingerprint density at radius 2 is 1.54 bits per heavy atom. The third-order valence-electron chi connectivity index (χ3n) is 5.00. The van der Waals surface area contributed by atoms with E-state index in [-0.39, 0.29) is 6.04 Å². The van der Waals surface area contributed by atoms with Crippen LogP contribution in [0.4, 0.5) is 5.69 Å². The zero-order valence-electron chi connectivity index (χ0n) is 15.6. The van der Waals surface area contributed by atoms with Crippen LogP contribution in [0, 0.1) is 0 Å². The molecule has 0 heterocycles. The van der Waals surface area contributed by atoms with E-state index in [0.717, 1.165) is 12.1 Å². The summed E-state index contributed by atoms with van der Waals surface area (Å²) in [7, 11) is 0. The lowest BCUT2D eigenvalue weighted by atomic mass is 9.96. The summed E-state index contributed by atoms with van der Waals surface area (Å²) in [5.74, 6) is 0.599. The van der Waals surface area contributed by atoms with Gasteiger partial charge in [0.15, 0.2) is 5.11 Å². The molecule has 0 bridgehead atoms. The van der Waals surface area contributed by atoms with Crippen LogP contribution < -0.4 is 10.6 Å². The van der Waals surface area contributed by atoms with Crippen LogP contribution in [-0.4, -0.2) is 5.11 Å². The van der Waals surface area contributed by atoms with Crippen LogP contribution in [-0.2, 0) is 0 Å². The van der Waals surface area contributed by atoms with Gasteiger partial charge in [-0.3, -0.25) is 0 Å².